The highest BCUT2D eigenvalue weighted by Crippen LogP contribution is 2.42. The van der Waals surface area contributed by atoms with Gasteiger partial charge in [-0.05, 0) is 188 Å². The number of rotatable bonds is 11. The molecule has 0 spiro atoms. The van der Waals surface area contributed by atoms with Gasteiger partial charge in [0.15, 0.2) is 34.9 Å². The molecule has 0 aliphatic carbocycles. The van der Waals surface area contributed by atoms with Gasteiger partial charge in [-0.25, -0.2) is 15.0 Å². The van der Waals surface area contributed by atoms with Crippen LogP contribution in [0, 0.1) is 0 Å². The van der Waals surface area contributed by atoms with E-state index in [-0.39, 0.29) is 15.9 Å². The van der Waals surface area contributed by atoms with Crippen LogP contribution >= 0.6 is 34.8 Å². The molecule has 116 heavy (non-hydrogen) atoms. The monoisotopic (exact) mass is 1550 g/mol. The van der Waals surface area contributed by atoms with Gasteiger partial charge in [0.1, 0.15) is 0 Å². The maximum Gasteiger partial charge on any atom is 0.226 e. The smallest absolute Gasteiger partial charge is 0.226 e. The minimum absolute atomic E-state index is 0.149. The van der Waals surface area contributed by atoms with E-state index in [2.05, 4.69) is 353 Å². The first-order chi connectivity index (χ1) is 57.2. The average Bonchev–Trinajstić information content (AvgIpc) is 1.64. The van der Waals surface area contributed by atoms with Crippen molar-refractivity contribution in [2.45, 2.75) is 0 Å². The molecule has 0 N–H and O–H groups in total. The summed E-state index contributed by atoms with van der Waals surface area (Å²) in [7, 11) is 0. The lowest BCUT2D eigenvalue weighted by Gasteiger charge is -2.13. The van der Waals surface area contributed by atoms with Crippen molar-refractivity contribution < 1.29 is 0 Å². The molecular formula is C101H63Cl3N12. The van der Waals surface area contributed by atoms with Gasteiger partial charge in [-0.15, -0.1) is 0 Å². The predicted molar refractivity (Wildman–Crippen MR) is 476 cm³/mol. The second-order valence-corrected chi connectivity index (χ2v) is 29.1. The maximum absolute atomic E-state index is 6.68. The molecule has 0 saturated heterocycles. The fourth-order valence-corrected chi connectivity index (χ4v) is 16.4. The molecule has 6 heterocycles. The minimum atomic E-state index is 0.149. The Kier molecular flexibility index (Phi) is 18.5. The molecule has 0 bridgehead atoms. The molecule has 6 aromatic heterocycles. The second kappa shape index (κ2) is 30.4. The number of hydrogen-bond donors (Lipinski definition) is 0. The number of hydrogen-bond acceptors (Lipinski definition) is 9. The van der Waals surface area contributed by atoms with Crippen molar-refractivity contribution in [2.24, 2.45) is 0 Å². The highest BCUT2D eigenvalue weighted by atomic mass is 35.5. The summed E-state index contributed by atoms with van der Waals surface area (Å²) in [6.45, 7) is 0. The van der Waals surface area contributed by atoms with E-state index < -0.39 is 0 Å². The summed E-state index contributed by atoms with van der Waals surface area (Å²) in [4.78, 5) is 42.0. The Labute approximate surface area is 681 Å². The molecule has 12 nitrogen and oxygen atoms in total. The molecule has 0 amide bonds. The van der Waals surface area contributed by atoms with Gasteiger partial charge in [0.05, 0.1) is 33.1 Å². The fourth-order valence-electron chi connectivity index (χ4n) is 15.9. The maximum atomic E-state index is 6.68. The van der Waals surface area contributed by atoms with Gasteiger partial charge in [0.2, 0.25) is 15.9 Å². The summed E-state index contributed by atoms with van der Waals surface area (Å²) in [5, 5.41) is 12.0. The third-order valence-electron chi connectivity index (χ3n) is 21.1. The summed E-state index contributed by atoms with van der Waals surface area (Å²) in [5.41, 5.74) is 19.7. The van der Waals surface area contributed by atoms with Crippen molar-refractivity contribution >= 4 is 122 Å². The van der Waals surface area contributed by atoms with Crippen LogP contribution in [0.4, 0.5) is 0 Å². The third kappa shape index (κ3) is 13.4. The Balaban J connectivity index is 0.000000113. The topological polar surface area (TPSA) is 131 Å². The number of halogens is 3. The average molecular weight is 1550 g/mol. The van der Waals surface area contributed by atoms with Crippen molar-refractivity contribution in [3.8, 4) is 108 Å². The predicted octanol–water partition coefficient (Wildman–Crippen LogP) is 26.5. The molecule has 15 heteroatoms. The number of aromatic nitrogens is 12. The standard InChI is InChI=1S/C39H25ClN4.2C31H19ClN4/c40-39-42-37(30-24-28(26-13-4-1-5-14-26)23-29(25-30)27-15-6-2-7-16-27)41-38(43-39)34-21-12-20-33-32-19-10-11-22-35(32)44(36(33)34)31-17-8-3-9-18-31;32-31-34-29(33-30(35-31)25-15-8-10-20-9-4-5-13-23(20)25)21-17-18-28-26(19-21)24-14-6-7-16-27(24)36(28)22-11-2-1-3-12-22;32-31-34-29(22-15-14-20-8-4-5-9-21(20)18-22)33-30(35-31)23-16-17-26-25-12-6-7-13-27(25)36(28(26)19-23)24-10-2-1-3-11-24/h1-25H;2*1-19H. The van der Waals surface area contributed by atoms with Crippen molar-refractivity contribution in [1.29, 1.82) is 0 Å². The SMILES string of the molecule is Clc1nc(-c2cc(-c3ccccc3)cc(-c3ccccc3)c2)nc(-c2cccc3c4ccccc4n(-c4ccccc4)c23)n1.Clc1nc(-c2ccc3c(c2)c2ccccc2n3-c2ccccc2)nc(-c2cccc3ccccc23)n1.Clc1nc(-c2ccc3ccccc3c2)nc(-c2ccc3c4ccccc4n(-c4ccccc4)c3c2)n1. The summed E-state index contributed by atoms with van der Waals surface area (Å²) >= 11 is 19.5. The molecule has 0 unspecified atom stereocenters. The fraction of sp³-hybridized carbons (Fsp3) is 0. The first kappa shape index (κ1) is 70.5. The third-order valence-corrected chi connectivity index (χ3v) is 21.6. The zero-order valence-corrected chi connectivity index (χ0v) is 64.1. The summed E-state index contributed by atoms with van der Waals surface area (Å²) in [6, 6.07) is 131. The lowest BCUT2D eigenvalue weighted by molar-refractivity contribution is 1.06. The summed E-state index contributed by atoms with van der Waals surface area (Å²) in [6.07, 6.45) is 0. The van der Waals surface area contributed by atoms with Crippen molar-refractivity contribution in [3.05, 3.63) is 398 Å². The quantitative estimate of drug-likeness (QED) is 0.124. The number of nitrogens with zero attached hydrogens (tertiary/aromatic N) is 12. The molecule has 22 aromatic rings. The van der Waals surface area contributed by atoms with Gasteiger partial charge < -0.3 is 13.7 Å². The molecule has 22 rings (SSSR count). The van der Waals surface area contributed by atoms with E-state index in [0.29, 0.717) is 34.9 Å². The van der Waals surface area contributed by atoms with Crippen molar-refractivity contribution in [1.82, 2.24) is 58.6 Å². The lowest BCUT2D eigenvalue weighted by atomic mass is 9.96. The van der Waals surface area contributed by atoms with Gasteiger partial charge in [0, 0.05) is 82.8 Å². The Morgan fingerprint density at radius 2 is 0.526 bits per heavy atom. The zero-order valence-electron chi connectivity index (χ0n) is 61.9. The van der Waals surface area contributed by atoms with Gasteiger partial charge in [-0.3, -0.25) is 0 Å². The van der Waals surface area contributed by atoms with E-state index in [1.807, 2.05) is 72.8 Å². The van der Waals surface area contributed by atoms with Crippen LogP contribution in [-0.2, 0) is 0 Å². The van der Waals surface area contributed by atoms with Gasteiger partial charge in [-0.1, -0.05) is 273 Å². The van der Waals surface area contributed by atoms with Crippen LogP contribution in [0.25, 0.3) is 195 Å². The van der Waals surface area contributed by atoms with Crippen LogP contribution in [0.1, 0.15) is 0 Å². The zero-order chi connectivity index (χ0) is 77.6. The van der Waals surface area contributed by atoms with Crippen LogP contribution in [0.2, 0.25) is 15.9 Å². The minimum Gasteiger partial charge on any atom is -0.309 e. The first-order valence-electron chi connectivity index (χ1n) is 38.0. The Morgan fingerprint density at radius 1 is 0.172 bits per heavy atom. The number of fused-ring (bicyclic) bond motifs is 11. The normalized spacial score (nSPS) is 11.4. The molecule has 0 aliphatic rings. The summed E-state index contributed by atoms with van der Waals surface area (Å²) < 4.78 is 6.85. The molecule has 0 aliphatic heterocycles. The lowest BCUT2D eigenvalue weighted by Crippen LogP contribution is -2.00. The van der Waals surface area contributed by atoms with E-state index in [1.165, 1.54) is 21.5 Å². The van der Waals surface area contributed by atoms with E-state index >= 15 is 0 Å². The highest BCUT2D eigenvalue weighted by molar-refractivity contribution is 6.29. The van der Waals surface area contributed by atoms with Crippen LogP contribution in [0.3, 0.4) is 0 Å². The van der Waals surface area contributed by atoms with Crippen LogP contribution in [0.15, 0.2) is 382 Å². The van der Waals surface area contributed by atoms with Crippen LogP contribution in [-0.4, -0.2) is 58.6 Å². The summed E-state index contributed by atoms with van der Waals surface area (Å²) in [5.74, 6) is 3.26. The highest BCUT2D eigenvalue weighted by Gasteiger charge is 2.23. The molecule has 16 aromatic carbocycles. The van der Waals surface area contributed by atoms with E-state index in [1.54, 1.807) is 0 Å². The molecule has 0 fully saturated rings. The molecular weight excluding hydrogens is 1490 g/mol. The largest absolute Gasteiger partial charge is 0.309 e. The van der Waals surface area contributed by atoms with Crippen molar-refractivity contribution in [3.63, 3.8) is 0 Å². The number of benzene rings is 16. The molecule has 0 radical (unpaired) electrons. The molecule has 0 atom stereocenters. The van der Waals surface area contributed by atoms with E-state index in [4.69, 9.17) is 49.8 Å². The van der Waals surface area contributed by atoms with Crippen LogP contribution in [0.5, 0.6) is 0 Å². The van der Waals surface area contributed by atoms with Gasteiger partial charge in [-0.2, -0.15) is 29.9 Å². The first-order valence-corrected chi connectivity index (χ1v) is 39.1. The van der Waals surface area contributed by atoms with E-state index in [9.17, 15) is 0 Å². The Hall–Kier alpha value is -14.7. The second-order valence-electron chi connectivity index (χ2n) is 28.1. The van der Waals surface area contributed by atoms with Gasteiger partial charge in [0.25, 0.3) is 0 Å². The Morgan fingerprint density at radius 3 is 1.11 bits per heavy atom. The molecule has 0 saturated carbocycles. The van der Waals surface area contributed by atoms with Gasteiger partial charge >= 0.3 is 0 Å². The van der Waals surface area contributed by atoms with Crippen molar-refractivity contribution in [2.75, 3.05) is 0 Å². The van der Waals surface area contributed by atoms with Crippen LogP contribution < -0.4 is 0 Å². The Bertz CT molecular complexity index is 7440. The van der Waals surface area contributed by atoms with E-state index in [0.717, 1.165) is 138 Å². The molecule has 548 valence electrons. The number of para-hydroxylation sites is 7.